The summed E-state index contributed by atoms with van der Waals surface area (Å²) in [5, 5.41) is 21.2. The highest BCUT2D eigenvalue weighted by Crippen LogP contribution is 2.41. The van der Waals surface area contributed by atoms with Crippen molar-refractivity contribution in [3.8, 4) is 11.5 Å². The lowest BCUT2D eigenvalue weighted by atomic mass is 9.95. The molecule has 1 fully saturated rings. The van der Waals surface area contributed by atoms with Gasteiger partial charge in [0.1, 0.15) is 17.3 Å². The number of amides is 1. The number of benzene rings is 2. The van der Waals surface area contributed by atoms with Crippen LogP contribution in [-0.2, 0) is 16.1 Å². The fourth-order valence-electron chi connectivity index (χ4n) is 3.90. The van der Waals surface area contributed by atoms with Gasteiger partial charge >= 0.3 is 0 Å². The number of aromatic nitrogens is 1. The van der Waals surface area contributed by atoms with Crippen LogP contribution >= 0.6 is 0 Å². The number of pyridine rings is 1. The minimum Gasteiger partial charge on any atom is -0.508 e. The molecule has 0 aliphatic carbocycles. The van der Waals surface area contributed by atoms with Gasteiger partial charge in [0.05, 0.1) is 30.0 Å². The van der Waals surface area contributed by atoms with Crippen molar-refractivity contribution in [2.75, 3.05) is 0 Å². The second-order valence-corrected chi connectivity index (χ2v) is 8.04. The summed E-state index contributed by atoms with van der Waals surface area (Å²) in [6.45, 7) is 3.84. The van der Waals surface area contributed by atoms with E-state index in [9.17, 15) is 19.8 Å². The highest BCUT2D eigenvalue weighted by Gasteiger charge is 2.46. The van der Waals surface area contributed by atoms with Crippen molar-refractivity contribution in [1.29, 1.82) is 0 Å². The van der Waals surface area contributed by atoms with Gasteiger partial charge in [0, 0.05) is 11.8 Å². The van der Waals surface area contributed by atoms with Crippen molar-refractivity contribution in [1.82, 2.24) is 9.88 Å². The number of Topliss-reactive ketones (excluding diaryl/α,β-unsaturated/α-hetero) is 1. The molecule has 1 aliphatic rings. The molecule has 168 valence electrons. The third-order valence-electron chi connectivity index (χ3n) is 5.26. The zero-order valence-electron chi connectivity index (χ0n) is 18.3. The molecule has 0 spiro atoms. The average Bonchev–Trinajstić information content (AvgIpc) is 3.04. The Labute approximate surface area is 191 Å². The summed E-state index contributed by atoms with van der Waals surface area (Å²) in [5.74, 6) is -1.33. The van der Waals surface area contributed by atoms with E-state index < -0.39 is 17.7 Å². The van der Waals surface area contributed by atoms with E-state index in [1.807, 2.05) is 13.8 Å². The summed E-state index contributed by atoms with van der Waals surface area (Å²) in [4.78, 5) is 31.8. The van der Waals surface area contributed by atoms with E-state index in [4.69, 9.17) is 4.74 Å². The quantitative estimate of drug-likeness (QED) is 0.336. The SMILES string of the molecule is CC(C)Oc1cccc(/C(O)=C2/C(=O)C(=O)N(Cc3ccccn3)C2c2cccc(O)c2)c1. The minimum absolute atomic E-state index is 0.0109. The number of phenols is 1. The van der Waals surface area contributed by atoms with Gasteiger partial charge in [0.15, 0.2) is 0 Å². The second kappa shape index (κ2) is 9.16. The smallest absolute Gasteiger partial charge is 0.296 e. The Morgan fingerprint density at radius 2 is 1.85 bits per heavy atom. The predicted octanol–water partition coefficient (Wildman–Crippen LogP) is 4.20. The lowest BCUT2D eigenvalue weighted by molar-refractivity contribution is -0.140. The number of aliphatic hydroxyl groups excluding tert-OH is 1. The fourth-order valence-corrected chi connectivity index (χ4v) is 3.90. The van der Waals surface area contributed by atoms with Gasteiger partial charge < -0.3 is 19.8 Å². The van der Waals surface area contributed by atoms with Crippen LogP contribution in [0.3, 0.4) is 0 Å². The Morgan fingerprint density at radius 1 is 1.06 bits per heavy atom. The Bertz CT molecular complexity index is 1220. The average molecular weight is 444 g/mol. The van der Waals surface area contributed by atoms with Crippen LogP contribution in [0, 0.1) is 0 Å². The zero-order chi connectivity index (χ0) is 23.5. The van der Waals surface area contributed by atoms with E-state index in [2.05, 4.69) is 4.98 Å². The maximum absolute atomic E-state index is 13.1. The van der Waals surface area contributed by atoms with Gasteiger partial charge in [-0.2, -0.15) is 0 Å². The minimum atomic E-state index is -0.895. The van der Waals surface area contributed by atoms with Gasteiger partial charge in [0.25, 0.3) is 11.7 Å². The summed E-state index contributed by atoms with van der Waals surface area (Å²) in [6.07, 6.45) is 1.54. The largest absolute Gasteiger partial charge is 0.508 e. The van der Waals surface area contributed by atoms with E-state index >= 15 is 0 Å². The van der Waals surface area contributed by atoms with Crippen molar-refractivity contribution in [3.05, 3.63) is 95.3 Å². The Morgan fingerprint density at radius 3 is 2.55 bits per heavy atom. The number of ether oxygens (including phenoxy) is 1. The molecule has 1 saturated heterocycles. The lowest BCUT2D eigenvalue weighted by Crippen LogP contribution is -2.29. The van der Waals surface area contributed by atoms with E-state index in [-0.39, 0.29) is 29.7 Å². The Balaban J connectivity index is 1.84. The van der Waals surface area contributed by atoms with E-state index in [1.165, 1.54) is 17.0 Å². The van der Waals surface area contributed by atoms with Crippen molar-refractivity contribution in [2.24, 2.45) is 0 Å². The summed E-state index contributed by atoms with van der Waals surface area (Å²) < 4.78 is 5.71. The topological polar surface area (TPSA) is 100.0 Å². The Kier molecular flexibility index (Phi) is 6.13. The summed E-state index contributed by atoms with van der Waals surface area (Å²) in [5.41, 5.74) is 1.40. The zero-order valence-corrected chi connectivity index (χ0v) is 18.3. The van der Waals surface area contributed by atoms with Gasteiger partial charge in [-0.05, 0) is 55.8 Å². The number of aromatic hydroxyl groups is 1. The highest BCUT2D eigenvalue weighted by atomic mass is 16.5. The van der Waals surface area contributed by atoms with Crippen LogP contribution in [0.25, 0.3) is 5.76 Å². The van der Waals surface area contributed by atoms with Crippen LogP contribution < -0.4 is 4.74 Å². The van der Waals surface area contributed by atoms with Crippen LogP contribution in [0.15, 0.2) is 78.5 Å². The van der Waals surface area contributed by atoms with Crippen molar-refractivity contribution < 1.29 is 24.5 Å². The molecule has 7 heteroatoms. The number of nitrogens with zero attached hydrogens (tertiary/aromatic N) is 2. The molecule has 1 amide bonds. The first-order valence-corrected chi connectivity index (χ1v) is 10.6. The second-order valence-electron chi connectivity index (χ2n) is 8.04. The van der Waals surface area contributed by atoms with Crippen molar-refractivity contribution in [3.63, 3.8) is 0 Å². The summed E-state index contributed by atoms with van der Waals surface area (Å²) >= 11 is 0. The normalized spacial score (nSPS) is 17.5. The van der Waals surface area contributed by atoms with Gasteiger partial charge in [-0.15, -0.1) is 0 Å². The number of ketones is 1. The molecular formula is C26H24N2O5. The molecule has 0 radical (unpaired) electrons. The number of carbonyl (C=O) groups is 2. The maximum Gasteiger partial charge on any atom is 0.296 e. The molecule has 4 rings (SSSR count). The molecule has 3 aromatic rings. The molecule has 1 aliphatic heterocycles. The van der Waals surface area contributed by atoms with Crippen LogP contribution in [0.1, 0.15) is 36.7 Å². The van der Waals surface area contributed by atoms with Crippen LogP contribution in [0.5, 0.6) is 11.5 Å². The van der Waals surface area contributed by atoms with Gasteiger partial charge in [0.2, 0.25) is 0 Å². The monoisotopic (exact) mass is 444 g/mol. The molecule has 1 unspecified atom stereocenters. The molecule has 2 aromatic carbocycles. The number of rotatable bonds is 6. The number of aliphatic hydroxyl groups is 1. The van der Waals surface area contributed by atoms with Crippen molar-refractivity contribution >= 4 is 17.4 Å². The third-order valence-corrected chi connectivity index (χ3v) is 5.26. The number of phenolic OH excluding ortho intramolecular Hbond substituents is 1. The maximum atomic E-state index is 13.1. The molecule has 2 heterocycles. The van der Waals surface area contributed by atoms with Crippen LogP contribution in [0.4, 0.5) is 0 Å². The van der Waals surface area contributed by atoms with Crippen LogP contribution in [0.2, 0.25) is 0 Å². The number of likely N-dealkylation sites (tertiary alicyclic amines) is 1. The van der Waals surface area contributed by atoms with E-state index in [0.717, 1.165) is 0 Å². The first-order chi connectivity index (χ1) is 15.8. The number of hydrogen-bond donors (Lipinski definition) is 2. The van der Waals surface area contributed by atoms with Gasteiger partial charge in [-0.25, -0.2) is 0 Å². The molecule has 33 heavy (non-hydrogen) atoms. The molecule has 0 bridgehead atoms. The predicted molar refractivity (Wildman–Crippen MR) is 122 cm³/mol. The lowest BCUT2D eigenvalue weighted by Gasteiger charge is -2.25. The highest BCUT2D eigenvalue weighted by molar-refractivity contribution is 6.46. The van der Waals surface area contributed by atoms with Gasteiger partial charge in [-0.3, -0.25) is 14.6 Å². The van der Waals surface area contributed by atoms with Crippen molar-refractivity contribution in [2.45, 2.75) is 32.5 Å². The first-order valence-electron chi connectivity index (χ1n) is 10.6. The standard InChI is InChI=1S/C26H24N2O5/c1-16(2)33-21-11-6-8-18(14-21)24(30)22-23(17-7-5-10-20(29)13-17)28(26(32)25(22)31)15-19-9-3-4-12-27-19/h3-14,16,23,29-30H,15H2,1-2H3/b24-22-. The molecule has 2 N–H and O–H groups in total. The molecule has 7 nitrogen and oxygen atoms in total. The molecule has 0 saturated carbocycles. The fraction of sp³-hybridized carbons (Fsp3) is 0.192. The molecule has 1 atom stereocenters. The molecule has 1 aromatic heterocycles. The van der Waals surface area contributed by atoms with Crippen LogP contribution in [-0.4, -0.2) is 37.9 Å². The first kappa shape index (κ1) is 22.1. The Hall–Kier alpha value is -4.13. The number of carbonyl (C=O) groups excluding carboxylic acids is 2. The van der Waals surface area contributed by atoms with Gasteiger partial charge in [-0.1, -0.05) is 30.3 Å². The van der Waals surface area contributed by atoms with E-state index in [0.29, 0.717) is 22.6 Å². The molecular weight excluding hydrogens is 420 g/mol. The summed E-state index contributed by atoms with van der Waals surface area (Å²) in [7, 11) is 0. The third kappa shape index (κ3) is 4.57. The summed E-state index contributed by atoms with van der Waals surface area (Å²) in [6, 6.07) is 17.5. The van der Waals surface area contributed by atoms with E-state index in [1.54, 1.807) is 60.8 Å². The number of hydrogen-bond acceptors (Lipinski definition) is 6.